The molecular formula is C13H17BrN2O3. The van der Waals surface area contributed by atoms with Crippen LogP contribution in [0.1, 0.15) is 18.9 Å². The van der Waals surface area contributed by atoms with Gasteiger partial charge in [-0.3, -0.25) is 4.79 Å². The van der Waals surface area contributed by atoms with Gasteiger partial charge in [0.1, 0.15) is 6.54 Å². The van der Waals surface area contributed by atoms with Gasteiger partial charge in [0.15, 0.2) is 0 Å². The van der Waals surface area contributed by atoms with E-state index in [1.54, 1.807) is 6.07 Å². The quantitative estimate of drug-likeness (QED) is 0.872. The number of hydrogen-bond acceptors (Lipinski definition) is 2. The van der Waals surface area contributed by atoms with Crippen molar-refractivity contribution in [1.29, 1.82) is 0 Å². The number of urea groups is 1. The third-order valence-corrected chi connectivity index (χ3v) is 2.86. The van der Waals surface area contributed by atoms with Crippen LogP contribution < -0.4 is 5.32 Å². The molecule has 0 unspecified atom stereocenters. The number of halogens is 1. The number of nitrogens with one attached hydrogen (secondary N) is 1. The number of aryl methyl sites for hydroxylation is 1. The zero-order chi connectivity index (χ0) is 14.4. The first-order chi connectivity index (χ1) is 8.92. The normalized spacial score (nSPS) is 10.1. The second-order valence-electron chi connectivity index (χ2n) is 4.26. The summed E-state index contributed by atoms with van der Waals surface area (Å²) in [5, 5.41) is 11.5. The van der Waals surface area contributed by atoms with E-state index in [-0.39, 0.29) is 6.54 Å². The summed E-state index contributed by atoms with van der Waals surface area (Å²) >= 11 is 3.35. The molecule has 0 aliphatic rings. The van der Waals surface area contributed by atoms with Crippen molar-refractivity contribution in [3.05, 3.63) is 28.2 Å². The van der Waals surface area contributed by atoms with Gasteiger partial charge in [0, 0.05) is 16.7 Å². The van der Waals surface area contributed by atoms with Crippen LogP contribution in [0.25, 0.3) is 0 Å². The predicted octanol–water partition coefficient (Wildman–Crippen LogP) is 3.09. The second-order valence-corrected chi connectivity index (χ2v) is 5.18. The highest BCUT2D eigenvalue weighted by molar-refractivity contribution is 9.10. The Morgan fingerprint density at radius 2 is 2.05 bits per heavy atom. The lowest BCUT2D eigenvalue weighted by Crippen LogP contribution is -2.39. The molecule has 0 aromatic heterocycles. The van der Waals surface area contributed by atoms with Crippen molar-refractivity contribution >= 4 is 33.6 Å². The summed E-state index contributed by atoms with van der Waals surface area (Å²) in [7, 11) is 0. The fourth-order valence-electron chi connectivity index (χ4n) is 1.70. The molecule has 0 bridgehead atoms. The number of aliphatic carboxylic acids is 1. The minimum absolute atomic E-state index is 0.299. The molecule has 2 amide bonds. The van der Waals surface area contributed by atoms with Crippen LogP contribution in [0.3, 0.4) is 0 Å². The molecule has 0 heterocycles. The fourth-order valence-corrected chi connectivity index (χ4v) is 2.30. The lowest BCUT2D eigenvalue weighted by Gasteiger charge is -2.20. The van der Waals surface area contributed by atoms with Crippen LogP contribution >= 0.6 is 15.9 Å². The number of hydrogen-bond donors (Lipinski definition) is 2. The van der Waals surface area contributed by atoms with E-state index in [9.17, 15) is 9.59 Å². The van der Waals surface area contributed by atoms with Gasteiger partial charge in [0.25, 0.3) is 0 Å². The third-order valence-electron chi connectivity index (χ3n) is 2.40. The van der Waals surface area contributed by atoms with Gasteiger partial charge in [0.2, 0.25) is 0 Å². The number of anilines is 1. The lowest BCUT2D eigenvalue weighted by molar-refractivity contribution is -0.137. The first kappa shape index (κ1) is 15.5. The predicted molar refractivity (Wildman–Crippen MR) is 77.4 cm³/mol. The van der Waals surface area contributed by atoms with Crippen molar-refractivity contribution in [2.75, 3.05) is 18.4 Å². The number of carboxylic acid groups (broad SMARTS) is 1. The van der Waals surface area contributed by atoms with Gasteiger partial charge in [-0.2, -0.15) is 0 Å². The Balaban J connectivity index is 2.77. The van der Waals surface area contributed by atoms with Crippen LogP contribution in [-0.2, 0) is 4.79 Å². The highest BCUT2D eigenvalue weighted by atomic mass is 79.9. The molecule has 0 fully saturated rings. The molecule has 1 aromatic rings. The maximum atomic E-state index is 12.0. The van der Waals surface area contributed by atoms with Crippen LogP contribution in [0.15, 0.2) is 22.7 Å². The Morgan fingerprint density at radius 3 is 2.58 bits per heavy atom. The maximum Gasteiger partial charge on any atom is 0.323 e. The monoisotopic (exact) mass is 328 g/mol. The van der Waals surface area contributed by atoms with Gasteiger partial charge in [-0.15, -0.1) is 0 Å². The largest absolute Gasteiger partial charge is 0.480 e. The molecule has 1 aromatic carbocycles. The van der Waals surface area contributed by atoms with Gasteiger partial charge in [0.05, 0.1) is 0 Å². The molecule has 1 rings (SSSR count). The van der Waals surface area contributed by atoms with Crippen LogP contribution in [0.2, 0.25) is 0 Å². The van der Waals surface area contributed by atoms with Crippen LogP contribution in [0, 0.1) is 6.92 Å². The number of carboxylic acids is 1. The first-order valence-corrected chi connectivity index (χ1v) is 6.76. The molecule has 0 saturated carbocycles. The first-order valence-electron chi connectivity index (χ1n) is 5.97. The Labute approximate surface area is 120 Å². The molecule has 0 spiro atoms. The van der Waals surface area contributed by atoms with Crippen molar-refractivity contribution in [2.24, 2.45) is 0 Å². The topological polar surface area (TPSA) is 69.6 Å². The lowest BCUT2D eigenvalue weighted by atomic mass is 10.2. The SMILES string of the molecule is CCCN(CC(=O)O)C(=O)Nc1cc(C)cc(Br)c1. The average molecular weight is 329 g/mol. The van der Waals surface area contributed by atoms with Gasteiger partial charge in [-0.25, -0.2) is 4.79 Å². The molecule has 104 valence electrons. The van der Waals surface area contributed by atoms with Crippen LogP contribution in [-0.4, -0.2) is 35.1 Å². The molecule has 5 nitrogen and oxygen atoms in total. The fraction of sp³-hybridized carbons (Fsp3) is 0.385. The van der Waals surface area contributed by atoms with E-state index in [0.29, 0.717) is 18.7 Å². The van der Waals surface area contributed by atoms with E-state index < -0.39 is 12.0 Å². The number of benzene rings is 1. The Hall–Kier alpha value is -1.56. The number of nitrogens with zero attached hydrogens (tertiary/aromatic N) is 1. The molecule has 6 heteroatoms. The van der Waals surface area contributed by atoms with Gasteiger partial charge in [-0.1, -0.05) is 22.9 Å². The van der Waals surface area contributed by atoms with Crippen molar-refractivity contribution in [1.82, 2.24) is 4.90 Å². The zero-order valence-electron chi connectivity index (χ0n) is 10.9. The molecule has 0 aliphatic carbocycles. The molecular weight excluding hydrogens is 312 g/mol. The smallest absolute Gasteiger partial charge is 0.323 e. The van der Waals surface area contributed by atoms with Crippen molar-refractivity contribution in [3.63, 3.8) is 0 Å². The van der Waals surface area contributed by atoms with E-state index in [2.05, 4.69) is 21.2 Å². The summed E-state index contributed by atoms with van der Waals surface area (Å²) in [5.41, 5.74) is 1.65. The van der Waals surface area contributed by atoms with E-state index in [0.717, 1.165) is 10.0 Å². The second kappa shape index (κ2) is 7.13. The molecule has 0 radical (unpaired) electrons. The van der Waals surface area contributed by atoms with Gasteiger partial charge < -0.3 is 15.3 Å². The van der Waals surface area contributed by atoms with E-state index >= 15 is 0 Å². The molecule has 0 aliphatic heterocycles. The van der Waals surface area contributed by atoms with Gasteiger partial charge >= 0.3 is 12.0 Å². The standard InChI is InChI=1S/C13H17BrN2O3/c1-3-4-16(8-12(17)18)13(19)15-11-6-9(2)5-10(14)7-11/h5-7H,3-4,8H2,1-2H3,(H,15,19)(H,17,18). The number of rotatable bonds is 5. The minimum atomic E-state index is -1.02. The van der Waals surface area contributed by atoms with E-state index in [1.165, 1.54) is 4.90 Å². The van der Waals surface area contributed by atoms with Crippen LogP contribution in [0.5, 0.6) is 0 Å². The molecule has 0 saturated heterocycles. The van der Waals surface area contributed by atoms with Gasteiger partial charge in [-0.05, 0) is 37.1 Å². The summed E-state index contributed by atoms with van der Waals surface area (Å²) in [4.78, 5) is 24.0. The number of amides is 2. The van der Waals surface area contributed by atoms with Crippen molar-refractivity contribution < 1.29 is 14.7 Å². The Bertz CT molecular complexity index is 457. The summed E-state index contributed by atoms with van der Waals surface area (Å²) in [6.45, 7) is 3.92. The highest BCUT2D eigenvalue weighted by Crippen LogP contribution is 2.19. The highest BCUT2D eigenvalue weighted by Gasteiger charge is 2.16. The third kappa shape index (κ3) is 5.30. The van der Waals surface area contributed by atoms with E-state index in [4.69, 9.17) is 5.11 Å². The number of carbonyl (C=O) groups excluding carboxylic acids is 1. The molecule has 2 N–H and O–H groups in total. The molecule has 0 atom stereocenters. The van der Waals surface area contributed by atoms with E-state index in [1.807, 2.05) is 26.0 Å². The summed E-state index contributed by atoms with van der Waals surface area (Å²) in [6.07, 6.45) is 0.707. The number of carbonyl (C=O) groups is 2. The Morgan fingerprint density at radius 1 is 1.37 bits per heavy atom. The summed E-state index contributed by atoms with van der Waals surface area (Å²) in [5.74, 6) is -1.02. The zero-order valence-corrected chi connectivity index (χ0v) is 12.5. The molecule has 19 heavy (non-hydrogen) atoms. The summed E-state index contributed by atoms with van der Waals surface area (Å²) < 4.78 is 0.864. The van der Waals surface area contributed by atoms with Crippen LogP contribution in [0.4, 0.5) is 10.5 Å². The minimum Gasteiger partial charge on any atom is -0.480 e. The van der Waals surface area contributed by atoms with Crippen molar-refractivity contribution in [3.8, 4) is 0 Å². The maximum absolute atomic E-state index is 12.0. The Kier molecular flexibility index (Phi) is 5.82. The van der Waals surface area contributed by atoms with Crippen molar-refractivity contribution in [2.45, 2.75) is 20.3 Å². The summed E-state index contributed by atoms with van der Waals surface area (Å²) in [6, 6.07) is 5.13. The average Bonchev–Trinajstić information content (AvgIpc) is 2.26.